The Bertz CT molecular complexity index is 842. The fourth-order valence-corrected chi connectivity index (χ4v) is 2.52. The highest BCUT2D eigenvalue weighted by atomic mass is 19.2. The Kier molecular flexibility index (Phi) is 6.92. The van der Waals surface area contributed by atoms with Crippen LogP contribution in [0.25, 0.3) is 0 Å². The summed E-state index contributed by atoms with van der Waals surface area (Å²) in [5.74, 6) is -5.82. The van der Waals surface area contributed by atoms with Crippen LogP contribution in [0.15, 0.2) is 36.4 Å². The molecule has 2 rings (SSSR count). The number of amides is 1. The number of aryl methyl sites for hydroxylation is 1. The fourth-order valence-electron chi connectivity index (χ4n) is 2.52. The summed E-state index contributed by atoms with van der Waals surface area (Å²) >= 11 is 0. The molecule has 0 aromatic heterocycles. The number of hydrogen-bond donors (Lipinski definition) is 1. The van der Waals surface area contributed by atoms with Gasteiger partial charge in [0.2, 0.25) is 5.91 Å². The van der Waals surface area contributed by atoms with E-state index in [0.29, 0.717) is 0 Å². The standard InChI is InChI=1S/C19H17F4NO3/c20-14-6-4-12(10-16(14)22)11-24(9-8-18(26)27)17(25)7-5-13-2-1-3-15(21)19(13)23/h1-4,6,10H,5,7-9,11H2,(H,26,27). The molecule has 4 nitrogen and oxygen atoms in total. The second-order valence-electron chi connectivity index (χ2n) is 5.92. The van der Waals surface area contributed by atoms with Crippen molar-refractivity contribution < 1.29 is 32.3 Å². The van der Waals surface area contributed by atoms with Crippen LogP contribution in [0.2, 0.25) is 0 Å². The van der Waals surface area contributed by atoms with E-state index in [9.17, 15) is 27.2 Å². The van der Waals surface area contributed by atoms with Crippen molar-refractivity contribution in [2.45, 2.75) is 25.8 Å². The number of nitrogens with zero attached hydrogens (tertiary/aromatic N) is 1. The molecule has 0 aliphatic carbocycles. The number of carboxylic acids is 1. The SMILES string of the molecule is O=C(O)CCN(Cc1ccc(F)c(F)c1)C(=O)CCc1cccc(F)c1F. The van der Waals surface area contributed by atoms with E-state index in [1.54, 1.807) is 0 Å². The number of hydrogen-bond acceptors (Lipinski definition) is 2. The Balaban J connectivity index is 2.09. The van der Waals surface area contributed by atoms with Gasteiger partial charge in [-0.15, -0.1) is 0 Å². The lowest BCUT2D eigenvalue weighted by atomic mass is 10.1. The third-order valence-electron chi connectivity index (χ3n) is 3.95. The second-order valence-corrected chi connectivity index (χ2v) is 5.92. The van der Waals surface area contributed by atoms with Gasteiger partial charge in [-0.1, -0.05) is 18.2 Å². The van der Waals surface area contributed by atoms with E-state index in [1.807, 2.05) is 0 Å². The van der Waals surface area contributed by atoms with Crippen LogP contribution in [0.3, 0.4) is 0 Å². The average molecular weight is 383 g/mol. The topological polar surface area (TPSA) is 57.6 Å². The smallest absolute Gasteiger partial charge is 0.305 e. The maximum absolute atomic E-state index is 13.7. The molecule has 8 heteroatoms. The van der Waals surface area contributed by atoms with Crippen LogP contribution in [0.1, 0.15) is 24.0 Å². The lowest BCUT2D eigenvalue weighted by Gasteiger charge is -2.22. The molecule has 0 spiro atoms. The molecule has 1 amide bonds. The summed E-state index contributed by atoms with van der Waals surface area (Å²) in [6.45, 7) is -0.284. The monoisotopic (exact) mass is 383 g/mol. The zero-order valence-electron chi connectivity index (χ0n) is 14.2. The summed E-state index contributed by atoms with van der Waals surface area (Å²) in [7, 11) is 0. The maximum Gasteiger partial charge on any atom is 0.305 e. The van der Waals surface area contributed by atoms with Crippen molar-refractivity contribution in [3.05, 3.63) is 70.8 Å². The van der Waals surface area contributed by atoms with Crippen molar-refractivity contribution in [3.63, 3.8) is 0 Å². The molecule has 27 heavy (non-hydrogen) atoms. The quantitative estimate of drug-likeness (QED) is 0.708. The van der Waals surface area contributed by atoms with E-state index in [-0.39, 0.29) is 43.5 Å². The van der Waals surface area contributed by atoms with E-state index < -0.39 is 35.1 Å². The first-order chi connectivity index (χ1) is 12.8. The zero-order valence-corrected chi connectivity index (χ0v) is 14.2. The number of benzene rings is 2. The molecule has 0 heterocycles. The van der Waals surface area contributed by atoms with Gasteiger partial charge in [-0.25, -0.2) is 17.6 Å². The highest BCUT2D eigenvalue weighted by Crippen LogP contribution is 2.16. The van der Waals surface area contributed by atoms with Crippen LogP contribution in [0, 0.1) is 23.3 Å². The minimum atomic E-state index is -1.13. The summed E-state index contributed by atoms with van der Waals surface area (Å²) in [6.07, 6.45) is -0.614. The maximum atomic E-state index is 13.7. The Morgan fingerprint density at radius 2 is 1.67 bits per heavy atom. The molecule has 0 atom stereocenters. The van der Waals surface area contributed by atoms with Crippen molar-refractivity contribution >= 4 is 11.9 Å². The molecule has 0 fully saturated rings. The first-order valence-electron chi connectivity index (χ1n) is 8.14. The van der Waals surface area contributed by atoms with Crippen molar-refractivity contribution in [3.8, 4) is 0 Å². The van der Waals surface area contributed by atoms with Gasteiger partial charge in [0.1, 0.15) is 0 Å². The summed E-state index contributed by atoms with van der Waals surface area (Å²) < 4.78 is 53.3. The van der Waals surface area contributed by atoms with Crippen LogP contribution in [-0.4, -0.2) is 28.4 Å². The Morgan fingerprint density at radius 3 is 2.33 bits per heavy atom. The molecule has 2 aromatic rings. The number of halogens is 4. The molecular weight excluding hydrogens is 366 g/mol. The van der Waals surface area contributed by atoms with E-state index in [1.165, 1.54) is 18.2 Å². The number of aliphatic carboxylic acids is 1. The summed E-state index contributed by atoms with van der Waals surface area (Å²) in [5.41, 5.74) is 0.305. The van der Waals surface area contributed by atoms with Crippen LogP contribution in [-0.2, 0) is 22.6 Å². The van der Waals surface area contributed by atoms with Gasteiger partial charge >= 0.3 is 5.97 Å². The number of carbonyl (C=O) groups excluding carboxylic acids is 1. The van der Waals surface area contributed by atoms with Gasteiger partial charge < -0.3 is 10.0 Å². The molecule has 0 aliphatic heterocycles. The van der Waals surface area contributed by atoms with Crippen molar-refractivity contribution in [1.29, 1.82) is 0 Å². The van der Waals surface area contributed by atoms with Gasteiger partial charge in [0.05, 0.1) is 6.42 Å². The van der Waals surface area contributed by atoms with Gasteiger partial charge in [-0.05, 0) is 35.7 Å². The first-order valence-corrected chi connectivity index (χ1v) is 8.14. The average Bonchev–Trinajstić information content (AvgIpc) is 2.62. The van der Waals surface area contributed by atoms with Crippen LogP contribution < -0.4 is 0 Å². The second kappa shape index (κ2) is 9.16. The summed E-state index contributed by atoms with van der Waals surface area (Å²) in [5, 5.41) is 8.83. The van der Waals surface area contributed by atoms with Crippen molar-refractivity contribution in [2.75, 3.05) is 6.54 Å². The highest BCUT2D eigenvalue weighted by Gasteiger charge is 2.18. The third-order valence-corrected chi connectivity index (χ3v) is 3.95. The number of carbonyl (C=O) groups is 2. The van der Waals surface area contributed by atoms with E-state index in [2.05, 4.69) is 0 Å². The predicted octanol–water partition coefficient (Wildman–Crippen LogP) is 3.68. The van der Waals surface area contributed by atoms with Gasteiger partial charge in [0, 0.05) is 19.5 Å². The van der Waals surface area contributed by atoms with E-state index in [4.69, 9.17) is 5.11 Å². The fraction of sp³-hybridized carbons (Fsp3) is 0.263. The van der Waals surface area contributed by atoms with Gasteiger partial charge in [0.25, 0.3) is 0 Å². The molecule has 1 N–H and O–H groups in total. The minimum absolute atomic E-state index is 0.0226. The summed E-state index contributed by atoms with van der Waals surface area (Å²) in [4.78, 5) is 24.4. The largest absolute Gasteiger partial charge is 0.481 e. The summed E-state index contributed by atoms with van der Waals surface area (Å²) in [6, 6.07) is 6.74. The molecule has 0 saturated carbocycles. The molecule has 144 valence electrons. The third kappa shape index (κ3) is 5.80. The van der Waals surface area contributed by atoms with Gasteiger partial charge in [0.15, 0.2) is 23.3 Å². The predicted molar refractivity (Wildman–Crippen MR) is 88.7 cm³/mol. The Morgan fingerprint density at radius 1 is 0.926 bits per heavy atom. The van der Waals surface area contributed by atoms with Crippen LogP contribution in [0.4, 0.5) is 17.6 Å². The van der Waals surface area contributed by atoms with Gasteiger partial charge in [-0.2, -0.15) is 0 Å². The number of rotatable bonds is 8. The lowest BCUT2D eigenvalue weighted by Crippen LogP contribution is -2.33. The molecule has 0 radical (unpaired) electrons. The van der Waals surface area contributed by atoms with Crippen molar-refractivity contribution in [2.24, 2.45) is 0 Å². The Hall–Kier alpha value is -2.90. The Labute approximate surface area is 153 Å². The first kappa shape index (κ1) is 20.4. The number of carboxylic acid groups (broad SMARTS) is 1. The van der Waals surface area contributed by atoms with Crippen LogP contribution >= 0.6 is 0 Å². The van der Waals surface area contributed by atoms with E-state index in [0.717, 1.165) is 23.1 Å². The van der Waals surface area contributed by atoms with Gasteiger partial charge in [-0.3, -0.25) is 9.59 Å². The van der Waals surface area contributed by atoms with Crippen LogP contribution in [0.5, 0.6) is 0 Å². The van der Waals surface area contributed by atoms with E-state index >= 15 is 0 Å². The molecule has 0 aliphatic rings. The minimum Gasteiger partial charge on any atom is -0.481 e. The van der Waals surface area contributed by atoms with Crippen molar-refractivity contribution in [1.82, 2.24) is 4.90 Å². The highest BCUT2D eigenvalue weighted by molar-refractivity contribution is 5.77. The zero-order chi connectivity index (χ0) is 20.0. The molecule has 0 unspecified atom stereocenters. The molecule has 0 saturated heterocycles. The lowest BCUT2D eigenvalue weighted by molar-refractivity contribution is -0.138. The molecular formula is C19H17F4NO3. The molecule has 2 aromatic carbocycles. The molecule has 0 bridgehead atoms. The normalized spacial score (nSPS) is 10.7.